The molecule has 1 aliphatic rings. The van der Waals surface area contributed by atoms with Crippen molar-refractivity contribution in [1.29, 1.82) is 0 Å². The molecule has 0 aliphatic carbocycles. The lowest BCUT2D eigenvalue weighted by Gasteiger charge is -2.34. The number of pyridine rings is 1. The van der Waals surface area contributed by atoms with Gasteiger partial charge >= 0.3 is 0 Å². The maximum atomic E-state index is 12.5. The van der Waals surface area contributed by atoms with Crippen molar-refractivity contribution in [2.75, 3.05) is 38.0 Å². The van der Waals surface area contributed by atoms with Crippen LogP contribution in [0.5, 0.6) is 0 Å². The molecule has 2 aromatic rings. The van der Waals surface area contributed by atoms with Crippen molar-refractivity contribution in [3.63, 3.8) is 0 Å². The third-order valence-corrected chi connectivity index (χ3v) is 4.90. The highest BCUT2D eigenvalue weighted by Crippen LogP contribution is 2.21. The highest BCUT2D eigenvalue weighted by molar-refractivity contribution is 5.93. The molecule has 1 amide bonds. The molecule has 5 nitrogen and oxygen atoms in total. The van der Waals surface area contributed by atoms with Crippen LogP contribution in [0.2, 0.25) is 0 Å². The molecule has 138 valence electrons. The van der Waals surface area contributed by atoms with Gasteiger partial charge in [0.05, 0.1) is 6.54 Å². The lowest BCUT2D eigenvalue weighted by Crippen LogP contribution is -2.48. The van der Waals surface area contributed by atoms with E-state index in [0.717, 1.165) is 49.5 Å². The van der Waals surface area contributed by atoms with Gasteiger partial charge in [-0.15, -0.1) is 0 Å². The largest absolute Gasteiger partial charge is 0.324 e. The molecule has 26 heavy (non-hydrogen) atoms. The van der Waals surface area contributed by atoms with Crippen LogP contribution in [-0.2, 0) is 11.3 Å². The summed E-state index contributed by atoms with van der Waals surface area (Å²) in [5.41, 5.74) is 5.66. The van der Waals surface area contributed by atoms with Gasteiger partial charge in [-0.3, -0.25) is 19.6 Å². The minimum Gasteiger partial charge on any atom is -0.324 e. The van der Waals surface area contributed by atoms with Crippen LogP contribution in [0.1, 0.15) is 22.3 Å². The van der Waals surface area contributed by atoms with E-state index in [4.69, 9.17) is 0 Å². The summed E-state index contributed by atoms with van der Waals surface area (Å²) in [6.07, 6.45) is 3.73. The monoisotopic (exact) mass is 352 g/mol. The average Bonchev–Trinajstić information content (AvgIpc) is 2.61. The van der Waals surface area contributed by atoms with Crippen molar-refractivity contribution in [2.45, 2.75) is 27.3 Å². The molecule has 0 spiro atoms. The molecule has 1 aliphatic heterocycles. The number of carbonyl (C=O) groups excluding carboxylic acids is 1. The van der Waals surface area contributed by atoms with Gasteiger partial charge in [-0.25, -0.2) is 0 Å². The summed E-state index contributed by atoms with van der Waals surface area (Å²) in [6, 6.07) is 8.31. The number of rotatable bonds is 5. The molecule has 0 unspecified atom stereocenters. The smallest absolute Gasteiger partial charge is 0.238 e. The van der Waals surface area contributed by atoms with E-state index in [0.29, 0.717) is 6.54 Å². The number of amides is 1. The molecule has 2 heterocycles. The van der Waals surface area contributed by atoms with Crippen LogP contribution >= 0.6 is 0 Å². The van der Waals surface area contributed by atoms with Crippen molar-refractivity contribution >= 4 is 11.6 Å². The average molecular weight is 352 g/mol. The Hall–Kier alpha value is -2.24. The Morgan fingerprint density at radius 3 is 2.35 bits per heavy atom. The first-order valence-electron chi connectivity index (χ1n) is 9.22. The minimum absolute atomic E-state index is 0.0702. The number of nitrogens with zero attached hydrogens (tertiary/aromatic N) is 3. The molecule has 1 saturated heterocycles. The Labute approximate surface area is 156 Å². The summed E-state index contributed by atoms with van der Waals surface area (Å²) in [5.74, 6) is 0.0702. The first-order chi connectivity index (χ1) is 12.5. The highest BCUT2D eigenvalue weighted by atomic mass is 16.2. The molecule has 3 rings (SSSR count). The van der Waals surface area contributed by atoms with Gasteiger partial charge in [0.15, 0.2) is 0 Å². The van der Waals surface area contributed by atoms with E-state index >= 15 is 0 Å². The van der Waals surface area contributed by atoms with Crippen LogP contribution in [0.4, 0.5) is 5.69 Å². The highest BCUT2D eigenvalue weighted by Gasteiger charge is 2.19. The summed E-state index contributed by atoms with van der Waals surface area (Å²) in [5, 5.41) is 3.10. The number of aromatic nitrogens is 1. The quantitative estimate of drug-likeness (QED) is 0.899. The van der Waals surface area contributed by atoms with Crippen LogP contribution in [-0.4, -0.2) is 53.4 Å². The number of aryl methyl sites for hydroxylation is 3. The minimum atomic E-state index is 0.0702. The van der Waals surface area contributed by atoms with Crippen LogP contribution < -0.4 is 5.32 Å². The summed E-state index contributed by atoms with van der Waals surface area (Å²) in [7, 11) is 0. The van der Waals surface area contributed by atoms with Gasteiger partial charge in [-0.2, -0.15) is 0 Å². The van der Waals surface area contributed by atoms with Gasteiger partial charge in [0.25, 0.3) is 0 Å². The summed E-state index contributed by atoms with van der Waals surface area (Å²) in [4.78, 5) is 21.3. The number of anilines is 1. The van der Waals surface area contributed by atoms with E-state index < -0.39 is 0 Å². The fourth-order valence-electron chi connectivity index (χ4n) is 3.61. The molecule has 1 aromatic heterocycles. The Bertz CT molecular complexity index is 729. The standard InChI is InChI=1S/C21H28N4O/c1-16-11-17(2)21(18(3)12-16)23-20(26)15-25-9-7-24(8-10-25)14-19-5-4-6-22-13-19/h4-6,11-13H,7-10,14-15H2,1-3H3,(H,23,26). The van der Waals surface area contributed by atoms with Gasteiger partial charge in [0, 0.05) is 50.8 Å². The zero-order valence-corrected chi connectivity index (χ0v) is 16.0. The fraction of sp³-hybridized carbons (Fsp3) is 0.429. The third kappa shape index (κ3) is 4.90. The van der Waals surface area contributed by atoms with E-state index in [2.05, 4.69) is 45.2 Å². The predicted molar refractivity (Wildman–Crippen MR) is 105 cm³/mol. The van der Waals surface area contributed by atoms with E-state index in [1.165, 1.54) is 11.1 Å². The lowest BCUT2D eigenvalue weighted by molar-refractivity contribution is -0.117. The molecular formula is C21H28N4O. The maximum Gasteiger partial charge on any atom is 0.238 e. The van der Waals surface area contributed by atoms with Crippen molar-refractivity contribution < 1.29 is 4.79 Å². The Balaban J connectivity index is 1.48. The van der Waals surface area contributed by atoms with Gasteiger partial charge in [-0.1, -0.05) is 23.8 Å². The molecule has 1 aromatic carbocycles. The Morgan fingerprint density at radius 2 is 1.73 bits per heavy atom. The van der Waals surface area contributed by atoms with Crippen molar-refractivity contribution in [3.8, 4) is 0 Å². The third-order valence-electron chi connectivity index (χ3n) is 4.90. The topological polar surface area (TPSA) is 48.5 Å². The molecule has 0 radical (unpaired) electrons. The van der Waals surface area contributed by atoms with Gasteiger partial charge in [-0.05, 0) is 43.5 Å². The van der Waals surface area contributed by atoms with Crippen molar-refractivity contribution in [3.05, 3.63) is 58.9 Å². The Kier molecular flexibility index (Phi) is 6.01. The predicted octanol–water partition coefficient (Wildman–Crippen LogP) is 2.76. The van der Waals surface area contributed by atoms with Gasteiger partial charge in [0.1, 0.15) is 0 Å². The summed E-state index contributed by atoms with van der Waals surface area (Å²) < 4.78 is 0. The van der Waals surface area contributed by atoms with E-state index in [1.807, 2.05) is 26.1 Å². The fourth-order valence-corrected chi connectivity index (χ4v) is 3.61. The van der Waals surface area contributed by atoms with E-state index in [9.17, 15) is 4.79 Å². The molecule has 1 fully saturated rings. The second-order valence-corrected chi connectivity index (χ2v) is 7.24. The Morgan fingerprint density at radius 1 is 1.08 bits per heavy atom. The number of hydrogen-bond donors (Lipinski definition) is 1. The second kappa shape index (κ2) is 8.43. The van der Waals surface area contributed by atoms with Crippen LogP contribution in [0.3, 0.4) is 0 Å². The summed E-state index contributed by atoms with van der Waals surface area (Å²) in [6.45, 7) is 11.3. The molecule has 5 heteroatoms. The number of nitrogens with one attached hydrogen (secondary N) is 1. The maximum absolute atomic E-state index is 12.5. The van der Waals surface area contributed by atoms with Crippen LogP contribution in [0.25, 0.3) is 0 Å². The van der Waals surface area contributed by atoms with Crippen molar-refractivity contribution in [2.24, 2.45) is 0 Å². The van der Waals surface area contributed by atoms with Crippen LogP contribution in [0, 0.1) is 20.8 Å². The summed E-state index contributed by atoms with van der Waals surface area (Å²) >= 11 is 0. The molecule has 0 atom stereocenters. The normalized spacial score (nSPS) is 15.8. The zero-order valence-electron chi connectivity index (χ0n) is 16.0. The molecule has 1 N–H and O–H groups in total. The molecular weight excluding hydrogens is 324 g/mol. The second-order valence-electron chi connectivity index (χ2n) is 7.24. The van der Waals surface area contributed by atoms with Crippen LogP contribution in [0.15, 0.2) is 36.7 Å². The van der Waals surface area contributed by atoms with Gasteiger partial charge in [0.2, 0.25) is 5.91 Å². The SMILES string of the molecule is Cc1cc(C)c(NC(=O)CN2CCN(Cc3cccnc3)CC2)c(C)c1. The molecule has 0 saturated carbocycles. The van der Waals surface area contributed by atoms with E-state index in [1.54, 1.807) is 6.20 Å². The number of carbonyl (C=O) groups is 1. The lowest BCUT2D eigenvalue weighted by atomic mass is 10.1. The number of piperazine rings is 1. The molecule has 0 bridgehead atoms. The zero-order chi connectivity index (χ0) is 18.5. The van der Waals surface area contributed by atoms with Crippen molar-refractivity contribution in [1.82, 2.24) is 14.8 Å². The number of hydrogen-bond acceptors (Lipinski definition) is 4. The first-order valence-corrected chi connectivity index (χ1v) is 9.22. The van der Waals surface area contributed by atoms with E-state index in [-0.39, 0.29) is 5.91 Å². The first kappa shape index (κ1) is 18.5. The van der Waals surface area contributed by atoms with Gasteiger partial charge < -0.3 is 5.32 Å². The number of benzene rings is 1.